The van der Waals surface area contributed by atoms with Crippen LogP contribution in [0.2, 0.25) is 0 Å². The number of carboxylic acid groups (broad SMARTS) is 1. The van der Waals surface area contributed by atoms with Crippen LogP contribution in [0.15, 0.2) is 36.4 Å². The lowest BCUT2D eigenvalue weighted by Gasteiger charge is -2.16. The maximum Gasteiger partial charge on any atom is 0.303 e. The third kappa shape index (κ3) is 8.32. The van der Waals surface area contributed by atoms with Crippen LogP contribution in [0.25, 0.3) is 10.9 Å². The average molecular weight is 510 g/mol. The molecular weight excluding hydrogens is 474 g/mol. The van der Waals surface area contributed by atoms with Crippen LogP contribution in [-0.4, -0.2) is 53.1 Å². The number of aromatic amines is 1. The molecule has 6 N–H and O–H groups in total. The molecule has 0 aliphatic carbocycles. The number of nitrogens with two attached hydrogens (primary N) is 1. The number of unbranched alkanes of at least 4 members (excludes halogenated alkanes) is 1. The van der Waals surface area contributed by atoms with Crippen LogP contribution in [0.1, 0.15) is 59.5 Å². The van der Waals surface area contributed by atoms with Gasteiger partial charge in [-0.25, -0.2) is 0 Å². The first-order valence-electron chi connectivity index (χ1n) is 12.5. The van der Waals surface area contributed by atoms with Crippen molar-refractivity contribution in [2.45, 2.75) is 51.5 Å². The first-order valence-corrected chi connectivity index (χ1v) is 12.5. The van der Waals surface area contributed by atoms with Crippen molar-refractivity contribution in [3.8, 4) is 5.75 Å². The highest BCUT2D eigenvalue weighted by Crippen LogP contribution is 2.29. The molecule has 1 aliphatic rings. The van der Waals surface area contributed by atoms with Crippen LogP contribution in [0.5, 0.6) is 5.75 Å². The van der Waals surface area contributed by atoms with E-state index in [-0.39, 0.29) is 12.3 Å². The number of methoxy groups -OCH3 is 1. The van der Waals surface area contributed by atoms with E-state index in [1.807, 2.05) is 24.3 Å². The number of carbonyl (C=O) groups is 3. The monoisotopic (exact) mass is 509 g/mol. The molecule has 0 fully saturated rings. The predicted octanol–water partition coefficient (Wildman–Crippen LogP) is 2.70. The molecule has 37 heavy (non-hydrogen) atoms. The Morgan fingerprint density at radius 1 is 1.11 bits per heavy atom. The number of carbonyl (C=O) groups excluding carboxylic acids is 2. The van der Waals surface area contributed by atoms with Crippen LogP contribution in [-0.2, 0) is 29.0 Å². The number of rotatable bonds is 11. The molecule has 2 aromatic heterocycles. The highest BCUT2D eigenvalue weighted by Gasteiger charge is 2.15. The summed E-state index contributed by atoms with van der Waals surface area (Å²) < 4.78 is 5.13. The van der Waals surface area contributed by atoms with Gasteiger partial charge in [-0.2, -0.15) is 0 Å². The van der Waals surface area contributed by atoms with Crippen molar-refractivity contribution < 1.29 is 24.2 Å². The third-order valence-electron chi connectivity index (χ3n) is 6.07. The summed E-state index contributed by atoms with van der Waals surface area (Å²) >= 11 is 0. The first-order chi connectivity index (χ1) is 17.9. The van der Waals surface area contributed by atoms with E-state index in [9.17, 15) is 14.4 Å². The second-order valence-corrected chi connectivity index (χ2v) is 8.83. The molecule has 4 rings (SSSR count). The Hall–Kier alpha value is -3.92. The van der Waals surface area contributed by atoms with Crippen molar-refractivity contribution in [1.29, 1.82) is 0 Å². The van der Waals surface area contributed by atoms with Crippen molar-refractivity contribution in [1.82, 2.24) is 20.6 Å². The SMILES string of the molecule is COc1c(C(N)=O)[nH]c2ccccc12.O=C(O)CCCNC(=O)CCCCc1ccc2c(n1)CCNC2. The number of aryl methyl sites for hydroxylation is 1. The molecule has 3 heterocycles. The topological polar surface area (TPSA) is 159 Å². The normalized spacial score (nSPS) is 12.2. The van der Waals surface area contributed by atoms with Gasteiger partial charge in [-0.15, -0.1) is 0 Å². The molecule has 0 saturated carbocycles. The van der Waals surface area contributed by atoms with Gasteiger partial charge in [0, 0.05) is 61.2 Å². The summed E-state index contributed by atoms with van der Waals surface area (Å²) in [6.07, 6.45) is 4.71. The van der Waals surface area contributed by atoms with E-state index in [0.29, 0.717) is 30.8 Å². The number of para-hydroxylation sites is 1. The number of H-pyrrole nitrogens is 1. The Bertz CT molecular complexity index is 1220. The van der Waals surface area contributed by atoms with Crippen molar-refractivity contribution in [2.24, 2.45) is 5.73 Å². The van der Waals surface area contributed by atoms with Gasteiger partial charge >= 0.3 is 5.97 Å². The molecule has 0 radical (unpaired) electrons. The number of benzene rings is 1. The number of hydrogen-bond acceptors (Lipinski definition) is 6. The average Bonchev–Trinajstić information content (AvgIpc) is 3.28. The number of aromatic nitrogens is 2. The number of nitrogens with zero attached hydrogens (tertiary/aromatic N) is 1. The van der Waals surface area contributed by atoms with Gasteiger partial charge < -0.3 is 31.2 Å². The first kappa shape index (κ1) is 27.7. The fourth-order valence-electron chi connectivity index (χ4n) is 4.17. The minimum Gasteiger partial charge on any atom is -0.494 e. The number of hydrogen-bond donors (Lipinski definition) is 5. The van der Waals surface area contributed by atoms with E-state index in [4.69, 9.17) is 20.6 Å². The second-order valence-electron chi connectivity index (χ2n) is 8.83. The van der Waals surface area contributed by atoms with Crippen molar-refractivity contribution in [3.63, 3.8) is 0 Å². The van der Waals surface area contributed by atoms with Crippen LogP contribution in [0, 0.1) is 0 Å². The van der Waals surface area contributed by atoms with Crippen molar-refractivity contribution >= 4 is 28.7 Å². The lowest BCUT2D eigenvalue weighted by molar-refractivity contribution is -0.137. The number of nitrogens with one attached hydrogen (secondary N) is 3. The van der Waals surface area contributed by atoms with Crippen molar-refractivity contribution in [3.05, 3.63) is 59.0 Å². The zero-order chi connectivity index (χ0) is 26.6. The van der Waals surface area contributed by atoms with E-state index >= 15 is 0 Å². The molecule has 0 bridgehead atoms. The maximum absolute atomic E-state index is 11.6. The highest BCUT2D eigenvalue weighted by molar-refractivity contribution is 6.02. The number of fused-ring (bicyclic) bond motifs is 2. The molecule has 0 saturated heterocycles. The molecule has 1 aliphatic heterocycles. The maximum atomic E-state index is 11.6. The summed E-state index contributed by atoms with van der Waals surface area (Å²) in [6, 6.07) is 11.7. The fourth-order valence-corrected chi connectivity index (χ4v) is 4.17. The Morgan fingerprint density at radius 2 is 1.92 bits per heavy atom. The lowest BCUT2D eigenvalue weighted by atomic mass is 10.0. The zero-order valence-corrected chi connectivity index (χ0v) is 21.1. The Labute approximate surface area is 216 Å². The number of amides is 2. The van der Waals surface area contributed by atoms with Crippen LogP contribution in [0.4, 0.5) is 0 Å². The van der Waals surface area contributed by atoms with Gasteiger partial charge in [0.15, 0.2) is 5.75 Å². The smallest absolute Gasteiger partial charge is 0.303 e. The van der Waals surface area contributed by atoms with E-state index in [1.54, 1.807) is 0 Å². The summed E-state index contributed by atoms with van der Waals surface area (Å²) in [5.74, 6) is -0.835. The van der Waals surface area contributed by atoms with E-state index in [2.05, 4.69) is 27.8 Å². The summed E-state index contributed by atoms with van der Waals surface area (Å²) in [5, 5.41) is 15.5. The standard InChI is InChI=1S/C17H25N3O3.C10H10N2O2/c21-16(19-10-3-6-17(22)23)5-2-1-4-14-8-7-13-12-18-11-9-15(13)20-14;1-14-9-6-4-2-3-5-7(6)12-8(9)10(11)13/h7-8,18H,1-6,9-12H2,(H,19,21)(H,22,23);2-5,12H,1H3,(H2,11,13). The number of carboxylic acids is 1. The van der Waals surface area contributed by atoms with Crippen LogP contribution < -0.4 is 21.1 Å². The second kappa shape index (κ2) is 14.0. The Balaban J connectivity index is 0.000000231. The molecule has 3 aromatic rings. The molecular formula is C27H35N5O5. The minimum absolute atomic E-state index is 0.000127. The highest BCUT2D eigenvalue weighted by atomic mass is 16.5. The molecule has 0 unspecified atom stereocenters. The fraction of sp³-hybridized carbons (Fsp3) is 0.407. The quantitative estimate of drug-likeness (QED) is 0.248. The van der Waals surface area contributed by atoms with E-state index < -0.39 is 11.9 Å². The molecule has 2 amide bonds. The summed E-state index contributed by atoms with van der Waals surface area (Å²) in [5.41, 5.74) is 9.97. The van der Waals surface area contributed by atoms with Crippen molar-refractivity contribution in [2.75, 3.05) is 20.2 Å². The van der Waals surface area contributed by atoms with Gasteiger partial charge in [0.25, 0.3) is 5.91 Å². The third-order valence-corrected chi connectivity index (χ3v) is 6.07. The van der Waals surface area contributed by atoms with Gasteiger partial charge in [0.05, 0.1) is 7.11 Å². The molecule has 10 heteroatoms. The number of pyridine rings is 1. The number of aliphatic carboxylic acids is 1. The largest absolute Gasteiger partial charge is 0.494 e. The summed E-state index contributed by atoms with van der Waals surface area (Å²) in [6.45, 7) is 2.34. The summed E-state index contributed by atoms with van der Waals surface area (Å²) in [7, 11) is 1.52. The molecule has 1 aromatic carbocycles. The molecule has 0 spiro atoms. The molecule has 0 atom stereocenters. The van der Waals surface area contributed by atoms with Gasteiger partial charge in [-0.1, -0.05) is 18.2 Å². The number of primary amides is 1. The van der Waals surface area contributed by atoms with Crippen LogP contribution >= 0.6 is 0 Å². The molecule has 198 valence electrons. The predicted molar refractivity (Wildman–Crippen MR) is 140 cm³/mol. The lowest BCUT2D eigenvalue weighted by Crippen LogP contribution is -2.25. The van der Waals surface area contributed by atoms with Gasteiger partial charge in [-0.3, -0.25) is 19.4 Å². The van der Waals surface area contributed by atoms with Crippen LogP contribution in [0.3, 0.4) is 0 Å². The van der Waals surface area contributed by atoms with E-state index in [1.165, 1.54) is 18.4 Å². The number of ether oxygens (including phenoxy) is 1. The Kier molecular flexibility index (Phi) is 10.5. The zero-order valence-electron chi connectivity index (χ0n) is 21.1. The Morgan fingerprint density at radius 3 is 2.68 bits per heavy atom. The van der Waals surface area contributed by atoms with Gasteiger partial charge in [-0.05, 0) is 49.4 Å². The summed E-state index contributed by atoms with van der Waals surface area (Å²) in [4.78, 5) is 40.7. The minimum atomic E-state index is -0.826. The van der Waals surface area contributed by atoms with Gasteiger partial charge in [0.2, 0.25) is 5.91 Å². The van der Waals surface area contributed by atoms with E-state index in [0.717, 1.165) is 55.4 Å². The van der Waals surface area contributed by atoms with Gasteiger partial charge in [0.1, 0.15) is 5.69 Å². The molecule has 10 nitrogen and oxygen atoms in total.